The van der Waals surface area contributed by atoms with E-state index in [4.69, 9.17) is 9.47 Å². The van der Waals surface area contributed by atoms with Crippen molar-refractivity contribution in [1.29, 1.82) is 0 Å². The lowest BCUT2D eigenvalue weighted by Gasteiger charge is -2.40. The number of likely N-dealkylation sites (tertiary alicyclic amines) is 1. The summed E-state index contributed by atoms with van der Waals surface area (Å²) in [6, 6.07) is -1.52. The van der Waals surface area contributed by atoms with Crippen molar-refractivity contribution in [1.82, 2.24) is 9.80 Å². The summed E-state index contributed by atoms with van der Waals surface area (Å²) in [4.78, 5) is 44.1. The van der Waals surface area contributed by atoms with Crippen LogP contribution in [0.5, 0.6) is 0 Å². The van der Waals surface area contributed by atoms with Crippen LogP contribution in [0.3, 0.4) is 0 Å². The van der Waals surface area contributed by atoms with Gasteiger partial charge in [0.15, 0.2) is 0 Å². The monoisotopic (exact) mass is 528 g/mol. The lowest BCUT2D eigenvalue weighted by molar-refractivity contribution is -0.156. The third-order valence-corrected chi connectivity index (χ3v) is 8.29. The number of hydrogen-bond donors (Lipinski definition) is 1. The van der Waals surface area contributed by atoms with E-state index in [-0.39, 0.29) is 35.9 Å². The molecule has 1 spiro atoms. The summed E-state index contributed by atoms with van der Waals surface area (Å²) in [5.74, 6) is -2.59. The number of alkyl halides is 1. The SMILES string of the molecule is C=CCN(C(=O)C1N([C@@H](CC)CO)C(=O)[C@@H]2[C@@H](C(=O)OCC)[C@@H]3OC12CC3Br)C(C)CCC. The van der Waals surface area contributed by atoms with Gasteiger partial charge in [0, 0.05) is 17.4 Å². The van der Waals surface area contributed by atoms with Crippen molar-refractivity contribution in [2.45, 2.75) is 88.0 Å². The number of nitrogens with zero attached hydrogens (tertiary/aromatic N) is 2. The number of carbonyl (C=O) groups is 3. The zero-order valence-electron chi connectivity index (χ0n) is 20.0. The topological polar surface area (TPSA) is 96.4 Å². The summed E-state index contributed by atoms with van der Waals surface area (Å²) < 4.78 is 11.8. The van der Waals surface area contributed by atoms with Crippen LogP contribution in [0.2, 0.25) is 0 Å². The minimum Gasteiger partial charge on any atom is -0.466 e. The van der Waals surface area contributed by atoms with Crippen LogP contribution in [0.15, 0.2) is 12.7 Å². The molecule has 33 heavy (non-hydrogen) atoms. The number of esters is 1. The molecule has 8 nitrogen and oxygen atoms in total. The molecule has 2 bridgehead atoms. The van der Waals surface area contributed by atoms with Crippen LogP contribution >= 0.6 is 15.9 Å². The van der Waals surface area contributed by atoms with Gasteiger partial charge in [0.2, 0.25) is 11.8 Å². The Morgan fingerprint density at radius 1 is 1.42 bits per heavy atom. The molecule has 9 heteroatoms. The second kappa shape index (κ2) is 10.4. The van der Waals surface area contributed by atoms with Gasteiger partial charge < -0.3 is 24.4 Å². The number of hydrogen-bond acceptors (Lipinski definition) is 6. The van der Waals surface area contributed by atoms with Crippen LogP contribution in [-0.4, -0.2) is 87.1 Å². The molecule has 0 aromatic rings. The fourth-order valence-corrected chi connectivity index (χ4v) is 6.96. The summed E-state index contributed by atoms with van der Waals surface area (Å²) in [6.07, 6.45) is 3.78. The lowest BCUT2D eigenvalue weighted by atomic mass is 9.70. The average molecular weight is 529 g/mol. The van der Waals surface area contributed by atoms with E-state index in [9.17, 15) is 19.5 Å². The Morgan fingerprint density at radius 2 is 2.12 bits per heavy atom. The Kier molecular flexibility index (Phi) is 8.28. The molecule has 1 N–H and O–H groups in total. The normalized spacial score (nSPS) is 34.2. The van der Waals surface area contributed by atoms with E-state index in [2.05, 4.69) is 29.4 Å². The molecule has 186 valence electrons. The van der Waals surface area contributed by atoms with Crippen LogP contribution in [0.4, 0.5) is 0 Å². The fourth-order valence-electron chi connectivity index (χ4n) is 6.02. The van der Waals surface area contributed by atoms with Crippen molar-refractivity contribution in [3.63, 3.8) is 0 Å². The maximum atomic E-state index is 14.2. The molecular formula is C24H37BrN2O6. The molecule has 2 amide bonds. The number of ether oxygens (including phenoxy) is 2. The summed E-state index contributed by atoms with van der Waals surface area (Å²) in [6.45, 7) is 11.7. The second-order valence-electron chi connectivity index (χ2n) is 9.32. The van der Waals surface area contributed by atoms with Gasteiger partial charge in [-0.25, -0.2) is 0 Å². The number of carbonyl (C=O) groups excluding carboxylic acids is 3. The molecule has 3 heterocycles. The molecule has 0 aromatic heterocycles. The highest BCUT2D eigenvalue weighted by molar-refractivity contribution is 9.09. The summed E-state index contributed by atoms with van der Waals surface area (Å²) >= 11 is 3.64. The zero-order chi connectivity index (χ0) is 24.5. The molecule has 3 rings (SSSR count). The van der Waals surface area contributed by atoms with Gasteiger partial charge in [-0.05, 0) is 33.1 Å². The fraction of sp³-hybridized carbons (Fsp3) is 0.792. The third-order valence-electron chi connectivity index (χ3n) is 7.44. The molecule has 3 saturated heterocycles. The van der Waals surface area contributed by atoms with Crippen molar-refractivity contribution < 1.29 is 29.0 Å². The van der Waals surface area contributed by atoms with Gasteiger partial charge in [0.05, 0.1) is 37.2 Å². The van der Waals surface area contributed by atoms with E-state index in [1.807, 2.05) is 13.8 Å². The molecule has 3 fully saturated rings. The Hall–Kier alpha value is -1.45. The third kappa shape index (κ3) is 4.14. The summed E-state index contributed by atoms with van der Waals surface area (Å²) in [5, 5.41) is 10.1. The van der Waals surface area contributed by atoms with Crippen molar-refractivity contribution in [3.8, 4) is 0 Å². The largest absolute Gasteiger partial charge is 0.466 e. The number of rotatable bonds is 11. The predicted octanol–water partition coefficient (Wildman–Crippen LogP) is 2.27. The quantitative estimate of drug-likeness (QED) is 0.251. The van der Waals surface area contributed by atoms with Crippen molar-refractivity contribution in [2.75, 3.05) is 19.8 Å². The smallest absolute Gasteiger partial charge is 0.312 e. The van der Waals surface area contributed by atoms with Crippen molar-refractivity contribution in [2.24, 2.45) is 11.8 Å². The average Bonchev–Trinajstić information content (AvgIpc) is 3.37. The highest BCUT2D eigenvalue weighted by atomic mass is 79.9. The van der Waals surface area contributed by atoms with Gasteiger partial charge in [0.1, 0.15) is 11.6 Å². The van der Waals surface area contributed by atoms with E-state index in [0.717, 1.165) is 12.8 Å². The number of amides is 2. The van der Waals surface area contributed by atoms with Gasteiger partial charge >= 0.3 is 5.97 Å². The van der Waals surface area contributed by atoms with Gasteiger partial charge in [-0.2, -0.15) is 0 Å². The first kappa shape index (κ1) is 26.2. The van der Waals surface area contributed by atoms with Crippen LogP contribution in [0.25, 0.3) is 0 Å². The maximum absolute atomic E-state index is 14.2. The Balaban J connectivity index is 2.11. The zero-order valence-corrected chi connectivity index (χ0v) is 21.6. The van der Waals surface area contributed by atoms with Gasteiger partial charge in [-0.15, -0.1) is 6.58 Å². The Labute approximate surface area is 204 Å². The molecule has 0 aromatic carbocycles. The molecule has 0 radical (unpaired) electrons. The number of fused-ring (bicyclic) bond motifs is 1. The van der Waals surface area contributed by atoms with Crippen LogP contribution < -0.4 is 0 Å². The van der Waals surface area contributed by atoms with Gasteiger partial charge in [0.25, 0.3) is 0 Å². The molecule has 3 aliphatic heterocycles. The minimum atomic E-state index is -1.14. The molecule has 4 unspecified atom stereocenters. The van der Waals surface area contributed by atoms with E-state index < -0.39 is 41.6 Å². The van der Waals surface area contributed by atoms with Crippen molar-refractivity contribution >= 4 is 33.7 Å². The minimum absolute atomic E-state index is 0.0543. The van der Waals surface area contributed by atoms with Crippen LogP contribution in [-0.2, 0) is 23.9 Å². The highest BCUT2D eigenvalue weighted by Gasteiger charge is 2.77. The standard InChI is InChI=1S/C24H37BrN2O6/c1-6-10-14(5)26(11-7-2)22(30)20-24-12-16(25)19(33-24)17(23(31)32-9-4)18(24)21(29)27(20)15(8-3)13-28/h7,14-20,28H,2,6,8-13H2,1,3-5H3/t14?,15-,16?,17+,18-,19+,20?,24?/m0/s1. The molecule has 3 aliphatic rings. The van der Waals surface area contributed by atoms with E-state index >= 15 is 0 Å². The summed E-state index contributed by atoms with van der Waals surface area (Å²) in [7, 11) is 0. The van der Waals surface area contributed by atoms with Crippen LogP contribution in [0, 0.1) is 11.8 Å². The lowest BCUT2D eigenvalue weighted by Crippen LogP contribution is -2.60. The van der Waals surface area contributed by atoms with E-state index in [0.29, 0.717) is 19.4 Å². The first-order chi connectivity index (χ1) is 15.7. The van der Waals surface area contributed by atoms with E-state index in [1.54, 1.807) is 17.9 Å². The number of aliphatic hydroxyl groups is 1. The van der Waals surface area contributed by atoms with Gasteiger partial charge in [-0.3, -0.25) is 14.4 Å². The maximum Gasteiger partial charge on any atom is 0.312 e. The predicted molar refractivity (Wildman–Crippen MR) is 127 cm³/mol. The second-order valence-corrected chi connectivity index (χ2v) is 10.5. The first-order valence-corrected chi connectivity index (χ1v) is 13.0. The van der Waals surface area contributed by atoms with E-state index in [1.165, 1.54) is 4.90 Å². The van der Waals surface area contributed by atoms with Crippen molar-refractivity contribution in [3.05, 3.63) is 12.7 Å². The molecule has 8 atom stereocenters. The first-order valence-electron chi connectivity index (χ1n) is 12.1. The molecule has 0 saturated carbocycles. The number of aliphatic hydroxyl groups excluding tert-OH is 1. The molecular weight excluding hydrogens is 492 g/mol. The highest BCUT2D eigenvalue weighted by Crippen LogP contribution is 2.60. The molecule has 0 aliphatic carbocycles. The Morgan fingerprint density at radius 3 is 2.67 bits per heavy atom. The Bertz CT molecular complexity index is 774. The van der Waals surface area contributed by atoms with Gasteiger partial charge in [-0.1, -0.05) is 42.3 Å². The summed E-state index contributed by atoms with van der Waals surface area (Å²) in [5.41, 5.74) is -1.14. The number of halogens is 1. The van der Waals surface area contributed by atoms with Crippen LogP contribution in [0.1, 0.15) is 53.4 Å².